The van der Waals surface area contributed by atoms with Crippen LogP contribution in [0, 0.1) is 5.41 Å². The molecular formula is C17H17Cl2N3O. The molecule has 0 spiro atoms. The monoisotopic (exact) mass is 349 g/mol. The van der Waals surface area contributed by atoms with Gasteiger partial charge in [-0.3, -0.25) is 5.41 Å². The molecule has 0 saturated carbocycles. The Bertz CT molecular complexity index is 707. The fraction of sp³-hybridized carbons (Fsp3) is 0.235. The van der Waals surface area contributed by atoms with E-state index in [1.807, 2.05) is 29.2 Å². The van der Waals surface area contributed by atoms with Gasteiger partial charge in [0.1, 0.15) is 11.6 Å². The Labute approximate surface area is 145 Å². The quantitative estimate of drug-likeness (QED) is 0.639. The molecule has 3 rings (SSSR count). The molecule has 1 aliphatic rings. The number of para-hydroxylation sites is 1. The molecule has 0 bridgehead atoms. The molecule has 1 fully saturated rings. The van der Waals surface area contributed by atoms with Crippen LogP contribution in [-0.2, 0) is 0 Å². The Morgan fingerprint density at radius 2 is 1.57 bits per heavy atom. The molecule has 1 saturated heterocycles. The Hall–Kier alpha value is -1.91. The lowest BCUT2D eigenvalue weighted by molar-refractivity contribution is 0.382. The minimum absolute atomic E-state index is 0.0380. The van der Waals surface area contributed by atoms with Crippen molar-refractivity contribution in [1.29, 1.82) is 5.41 Å². The molecule has 0 amide bonds. The average molecular weight is 350 g/mol. The van der Waals surface area contributed by atoms with E-state index in [0.717, 1.165) is 23.8 Å². The van der Waals surface area contributed by atoms with Crippen LogP contribution < -0.4 is 4.90 Å². The van der Waals surface area contributed by atoms with Gasteiger partial charge in [-0.05, 0) is 24.3 Å². The summed E-state index contributed by atoms with van der Waals surface area (Å²) in [5.41, 5.74) is 1.40. The van der Waals surface area contributed by atoms with Crippen LogP contribution in [-0.4, -0.2) is 42.0 Å². The number of hydrogen-bond acceptors (Lipinski definition) is 3. The van der Waals surface area contributed by atoms with Gasteiger partial charge >= 0.3 is 0 Å². The zero-order valence-electron chi connectivity index (χ0n) is 12.5. The first-order chi connectivity index (χ1) is 11.1. The number of halogens is 2. The number of nitrogens with zero attached hydrogens (tertiary/aromatic N) is 2. The lowest BCUT2D eigenvalue weighted by Crippen LogP contribution is -2.49. The number of phenols is 1. The number of phenolic OH excluding ortho intramolecular Hbond substituents is 1. The topological polar surface area (TPSA) is 50.6 Å². The van der Waals surface area contributed by atoms with Gasteiger partial charge in [0.05, 0.1) is 21.3 Å². The first-order valence-electron chi connectivity index (χ1n) is 7.39. The predicted octanol–water partition coefficient (Wildman–Crippen LogP) is 3.85. The van der Waals surface area contributed by atoms with Crippen molar-refractivity contribution in [3.63, 3.8) is 0 Å². The van der Waals surface area contributed by atoms with Crippen LogP contribution in [0.25, 0.3) is 0 Å². The molecule has 4 nitrogen and oxygen atoms in total. The van der Waals surface area contributed by atoms with Gasteiger partial charge in [0.25, 0.3) is 0 Å². The van der Waals surface area contributed by atoms with E-state index in [1.165, 1.54) is 0 Å². The fourth-order valence-electron chi connectivity index (χ4n) is 2.78. The van der Waals surface area contributed by atoms with Crippen LogP contribution in [0.2, 0.25) is 10.0 Å². The maximum Gasteiger partial charge on any atom is 0.133 e. The number of piperazine rings is 1. The molecule has 0 aliphatic carbocycles. The molecular weight excluding hydrogens is 333 g/mol. The van der Waals surface area contributed by atoms with Crippen molar-refractivity contribution >= 4 is 34.7 Å². The summed E-state index contributed by atoms with van der Waals surface area (Å²) in [7, 11) is 0. The SMILES string of the molecule is N=C(c1c(O)cccc1Cl)N1CCN(c2ccccc2Cl)CC1. The highest BCUT2D eigenvalue weighted by Crippen LogP contribution is 2.29. The fourth-order valence-corrected chi connectivity index (χ4v) is 3.30. The molecule has 1 aliphatic heterocycles. The summed E-state index contributed by atoms with van der Waals surface area (Å²) in [6, 6.07) is 12.7. The van der Waals surface area contributed by atoms with Crippen molar-refractivity contribution in [3.05, 3.63) is 58.1 Å². The molecule has 0 atom stereocenters. The number of hydrogen-bond donors (Lipinski definition) is 2. The Morgan fingerprint density at radius 1 is 0.913 bits per heavy atom. The molecule has 23 heavy (non-hydrogen) atoms. The zero-order chi connectivity index (χ0) is 16.4. The van der Waals surface area contributed by atoms with Crippen molar-refractivity contribution in [2.45, 2.75) is 0 Å². The molecule has 2 aromatic carbocycles. The smallest absolute Gasteiger partial charge is 0.133 e. The van der Waals surface area contributed by atoms with E-state index in [0.29, 0.717) is 23.7 Å². The van der Waals surface area contributed by atoms with E-state index in [9.17, 15) is 5.11 Å². The van der Waals surface area contributed by atoms with Crippen LogP contribution >= 0.6 is 23.2 Å². The second-order valence-corrected chi connectivity index (χ2v) is 6.22. The largest absolute Gasteiger partial charge is 0.507 e. The average Bonchev–Trinajstić information content (AvgIpc) is 2.55. The van der Waals surface area contributed by atoms with Gasteiger partial charge in [-0.15, -0.1) is 0 Å². The second-order valence-electron chi connectivity index (χ2n) is 5.41. The van der Waals surface area contributed by atoms with E-state index in [1.54, 1.807) is 18.2 Å². The summed E-state index contributed by atoms with van der Waals surface area (Å²) < 4.78 is 0. The van der Waals surface area contributed by atoms with Crippen molar-refractivity contribution in [2.75, 3.05) is 31.1 Å². The van der Waals surface area contributed by atoms with Crippen molar-refractivity contribution in [2.24, 2.45) is 0 Å². The van der Waals surface area contributed by atoms with Gasteiger partial charge < -0.3 is 14.9 Å². The van der Waals surface area contributed by atoms with Gasteiger partial charge in [-0.25, -0.2) is 0 Å². The van der Waals surface area contributed by atoms with E-state index >= 15 is 0 Å². The summed E-state index contributed by atoms with van der Waals surface area (Å²) in [6.07, 6.45) is 0. The predicted molar refractivity (Wildman–Crippen MR) is 95.2 cm³/mol. The molecule has 1 heterocycles. The van der Waals surface area contributed by atoms with Crippen molar-refractivity contribution in [1.82, 2.24) is 4.90 Å². The van der Waals surface area contributed by atoms with Crippen LogP contribution in [0.1, 0.15) is 5.56 Å². The van der Waals surface area contributed by atoms with Crippen LogP contribution in [0.3, 0.4) is 0 Å². The summed E-state index contributed by atoms with van der Waals surface area (Å²) >= 11 is 12.4. The number of nitrogens with one attached hydrogen (secondary N) is 1. The molecule has 0 aromatic heterocycles. The van der Waals surface area contributed by atoms with Crippen LogP contribution in [0.15, 0.2) is 42.5 Å². The van der Waals surface area contributed by atoms with Gasteiger partial charge in [0.2, 0.25) is 0 Å². The van der Waals surface area contributed by atoms with E-state index in [4.69, 9.17) is 28.6 Å². The summed E-state index contributed by atoms with van der Waals surface area (Å²) in [6.45, 7) is 2.87. The first kappa shape index (κ1) is 16.0. The van der Waals surface area contributed by atoms with Crippen molar-refractivity contribution < 1.29 is 5.11 Å². The van der Waals surface area contributed by atoms with E-state index < -0.39 is 0 Å². The molecule has 2 aromatic rings. The second kappa shape index (κ2) is 6.69. The van der Waals surface area contributed by atoms with E-state index in [2.05, 4.69) is 4.90 Å². The lowest BCUT2D eigenvalue weighted by Gasteiger charge is -2.37. The van der Waals surface area contributed by atoms with Gasteiger partial charge in [-0.2, -0.15) is 0 Å². The highest BCUT2D eigenvalue weighted by Gasteiger charge is 2.23. The first-order valence-corrected chi connectivity index (χ1v) is 8.14. The summed E-state index contributed by atoms with van der Waals surface area (Å²) in [5.74, 6) is 0.294. The van der Waals surface area contributed by atoms with E-state index in [-0.39, 0.29) is 11.6 Å². The highest BCUT2D eigenvalue weighted by atomic mass is 35.5. The molecule has 120 valence electrons. The van der Waals surface area contributed by atoms with Gasteiger partial charge in [0, 0.05) is 26.2 Å². The third-order valence-electron chi connectivity index (χ3n) is 4.02. The molecule has 2 N–H and O–H groups in total. The normalized spacial score (nSPS) is 14.9. The minimum atomic E-state index is 0.0380. The number of anilines is 1. The summed E-state index contributed by atoms with van der Waals surface area (Å²) in [4.78, 5) is 4.13. The Balaban J connectivity index is 1.72. The van der Waals surface area contributed by atoms with Gasteiger partial charge in [0.15, 0.2) is 0 Å². The Morgan fingerprint density at radius 3 is 2.22 bits per heavy atom. The number of rotatable bonds is 2. The minimum Gasteiger partial charge on any atom is -0.507 e. The lowest BCUT2D eigenvalue weighted by atomic mass is 10.1. The number of amidine groups is 1. The molecule has 0 radical (unpaired) electrons. The number of benzene rings is 2. The van der Waals surface area contributed by atoms with Crippen LogP contribution in [0.5, 0.6) is 5.75 Å². The van der Waals surface area contributed by atoms with Crippen molar-refractivity contribution in [3.8, 4) is 5.75 Å². The Kier molecular flexibility index (Phi) is 4.64. The third kappa shape index (κ3) is 3.23. The highest BCUT2D eigenvalue weighted by molar-refractivity contribution is 6.34. The standard InChI is InChI=1S/C17H17Cl2N3O/c18-12-4-1-2-6-14(12)21-8-10-22(11-9-21)17(20)16-13(19)5-3-7-15(16)23/h1-7,20,23H,8-11H2. The maximum absolute atomic E-state index is 9.98. The maximum atomic E-state index is 9.98. The zero-order valence-corrected chi connectivity index (χ0v) is 14.0. The van der Waals surface area contributed by atoms with Gasteiger partial charge in [-0.1, -0.05) is 41.4 Å². The van der Waals surface area contributed by atoms with Crippen LogP contribution in [0.4, 0.5) is 5.69 Å². The number of aromatic hydroxyl groups is 1. The molecule has 0 unspecified atom stereocenters. The summed E-state index contributed by atoms with van der Waals surface area (Å²) in [5, 5.41) is 19.5. The molecule has 6 heteroatoms. The third-order valence-corrected chi connectivity index (χ3v) is 4.65.